The minimum Gasteiger partial charge on any atom is -0.285 e. The highest BCUT2D eigenvalue weighted by molar-refractivity contribution is 5.06. The molecule has 0 saturated heterocycles. The van der Waals surface area contributed by atoms with Crippen LogP contribution in [0.5, 0.6) is 0 Å². The molecular weight excluding hydrogens is 126 g/mol. The lowest BCUT2D eigenvalue weighted by Gasteiger charge is -1.91. The molecule has 0 aliphatic carbocycles. The van der Waals surface area contributed by atoms with Crippen LogP contribution in [-0.2, 0) is 6.42 Å². The number of hydrogen-bond donors (Lipinski definition) is 1. The molecule has 0 radical (unpaired) electrons. The zero-order valence-corrected chi connectivity index (χ0v) is 6.33. The molecule has 0 saturated carbocycles. The Morgan fingerprint density at radius 3 is 2.70 bits per heavy atom. The molecule has 1 N–H and O–H groups in total. The largest absolute Gasteiger partial charge is 0.285 e. The van der Waals surface area contributed by atoms with Crippen molar-refractivity contribution in [1.29, 1.82) is 0 Å². The molecule has 0 unspecified atom stereocenters. The van der Waals surface area contributed by atoms with Crippen molar-refractivity contribution in [2.45, 2.75) is 20.3 Å². The molecule has 1 aromatic rings. The van der Waals surface area contributed by atoms with E-state index in [2.05, 4.69) is 0 Å². The topological polar surface area (TPSA) is 24.1 Å². The van der Waals surface area contributed by atoms with Crippen LogP contribution in [0.15, 0.2) is 18.3 Å². The smallest absolute Gasteiger partial charge is 0.233 e. The molecule has 0 aliphatic rings. The fourth-order valence-electron chi connectivity index (χ4n) is 0.903. The van der Waals surface area contributed by atoms with Crippen molar-refractivity contribution >= 4 is 0 Å². The Hall–Kier alpha value is -1.05. The molecule has 0 atom stereocenters. The van der Waals surface area contributed by atoms with Crippen molar-refractivity contribution in [3.05, 3.63) is 29.6 Å². The molecule has 0 fully saturated rings. The van der Waals surface area contributed by atoms with Crippen LogP contribution < -0.4 is 4.73 Å². The minimum atomic E-state index is 0.858. The molecule has 1 heterocycles. The Labute approximate surface area is 60.7 Å². The van der Waals surface area contributed by atoms with Crippen molar-refractivity contribution in [2.24, 2.45) is 0 Å². The summed E-state index contributed by atoms with van der Waals surface area (Å²) in [6.45, 7) is 3.96. The molecule has 2 heteroatoms. The normalized spacial score (nSPS) is 9.80. The first-order valence-electron chi connectivity index (χ1n) is 3.44. The van der Waals surface area contributed by atoms with Gasteiger partial charge in [0.2, 0.25) is 11.9 Å². The molecule has 0 amide bonds. The van der Waals surface area contributed by atoms with E-state index < -0.39 is 0 Å². The maximum atomic E-state index is 9.21. The van der Waals surface area contributed by atoms with E-state index in [0.29, 0.717) is 0 Å². The summed E-state index contributed by atoms with van der Waals surface area (Å²) >= 11 is 0. The minimum absolute atomic E-state index is 0.858. The summed E-state index contributed by atoms with van der Waals surface area (Å²) in [6.07, 6.45) is 2.57. The Balaban J connectivity index is 3.07. The highest BCUT2D eigenvalue weighted by atomic mass is 16.5. The van der Waals surface area contributed by atoms with Gasteiger partial charge in [0.05, 0.1) is 0 Å². The monoisotopic (exact) mass is 138 g/mol. The zero-order valence-electron chi connectivity index (χ0n) is 6.33. The van der Waals surface area contributed by atoms with Crippen LogP contribution in [0.3, 0.4) is 0 Å². The van der Waals surface area contributed by atoms with Crippen LogP contribution in [0.25, 0.3) is 0 Å². The summed E-state index contributed by atoms with van der Waals surface area (Å²) in [6, 6.07) is 3.92. The van der Waals surface area contributed by atoms with Crippen LogP contribution in [0.1, 0.15) is 18.2 Å². The number of hydrogen-bond acceptors (Lipinski definition) is 1. The van der Waals surface area contributed by atoms with E-state index in [9.17, 15) is 5.21 Å². The third-order valence-electron chi connectivity index (χ3n) is 1.52. The number of nitrogens with zero attached hydrogens (tertiary/aromatic N) is 1. The van der Waals surface area contributed by atoms with Crippen molar-refractivity contribution in [1.82, 2.24) is 0 Å². The van der Waals surface area contributed by atoms with Gasteiger partial charge in [-0.15, -0.1) is 0 Å². The Morgan fingerprint density at radius 2 is 2.20 bits per heavy atom. The van der Waals surface area contributed by atoms with Gasteiger partial charge in [-0.05, 0) is 13.0 Å². The maximum absolute atomic E-state index is 9.21. The van der Waals surface area contributed by atoms with Gasteiger partial charge in [0.1, 0.15) is 0 Å². The van der Waals surface area contributed by atoms with Crippen molar-refractivity contribution < 1.29 is 9.94 Å². The zero-order chi connectivity index (χ0) is 7.56. The van der Waals surface area contributed by atoms with Crippen molar-refractivity contribution in [3.8, 4) is 0 Å². The fourth-order valence-corrected chi connectivity index (χ4v) is 0.903. The third-order valence-corrected chi connectivity index (χ3v) is 1.52. The number of pyridine rings is 1. The predicted octanol–water partition coefficient (Wildman–Crippen LogP) is 1.08. The quantitative estimate of drug-likeness (QED) is 0.455. The number of rotatable bonds is 1. The Kier molecular flexibility index (Phi) is 1.90. The van der Waals surface area contributed by atoms with Gasteiger partial charge in [-0.2, -0.15) is 0 Å². The Bertz CT molecular complexity index is 233. The van der Waals surface area contributed by atoms with Gasteiger partial charge in [-0.1, -0.05) is 6.92 Å². The summed E-state index contributed by atoms with van der Waals surface area (Å²) in [7, 11) is 0. The van der Waals surface area contributed by atoms with Crippen LogP contribution >= 0.6 is 0 Å². The van der Waals surface area contributed by atoms with E-state index in [1.165, 1.54) is 4.73 Å². The lowest BCUT2D eigenvalue weighted by atomic mass is 10.2. The highest BCUT2D eigenvalue weighted by Crippen LogP contribution is 1.95. The average Bonchev–Trinajstić information content (AvgIpc) is 1.88. The second kappa shape index (κ2) is 2.69. The van der Waals surface area contributed by atoms with Crippen LogP contribution in [-0.4, -0.2) is 5.21 Å². The summed E-state index contributed by atoms with van der Waals surface area (Å²) in [5, 5.41) is 9.21. The SMILES string of the molecule is CCc1ccc(C)c[n+]1O. The van der Waals surface area contributed by atoms with Gasteiger partial charge in [0, 0.05) is 22.8 Å². The first kappa shape index (κ1) is 7.06. The molecule has 2 nitrogen and oxygen atoms in total. The maximum Gasteiger partial charge on any atom is 0.233 e. The summed E-state index contributed by atoms with van der Waals surface area (Å²) in [5.74, 6) is 0. The van der Waals surface area contributed by atoms with E-state index in [-0.39, 0.29) is 0 Å². The van der Waals surface area contributed by atoms with E-state index in [0.717, 1.165) is 17.7 Å². The summed E-state index contributed by atoms with van der Waals surface area (Å²) in [4.78, 5) is 0. The average molecular weight is 138 g/mol. The molecule has 0 bridgehead atoms. The van der Waals surface area contributed by atoms with Gasteiger partial charge in [0.15, 0.2) is 0 Å². The molecule has 0 aliphatic heterocycles. The van der Waals surface area contributed by atoms with E-state index in [1.807, 2.05) is 26.0 Å². The first-order valence-corrected chi connectivity index (χ1v) is 3.44. The van der Waals surface area contributed by atoms with Crippen LogP contribution in [0.4, 0.5) is 0 Å². The van der Waals surface area contributed by atoms with Gasteiger partial charge < -0.3 is 0 Å². The van der Waals surface area contributed by atoms with Crippen molar-refractivity contribution in [2.75, 3.05) is 0 Å². The van der Waals surface area contributed by atoms with Crippen molar-refractivity contribution in [3.63, 3.8) is 0 Å². The van der Waals surface area contributed by atoms with Gasteiger partial charge >= 0.3 is 0 Å². The molecule has 10 heavy (non-hydrogen) atoms. The summed E-state index contributed by atoms with van der Waals surface area (Å²) in [5.41, 5.74) is 2.00. The van der Waals surface area contributed by atoms with Gasteiger partial charge in [0.25, 0.3) is 0 Å². The van der Waals surface area contributed by atoms with Crippen LogP contribution in [0.2, 0.25) is 0 Å². The molecule has 1 aromatic heterocycles. The molecular formula is C8H12NO+. The summed E-state index contributed by atoms with van der Waals surface area (Å²) < 4.78 is 1.18. The highest BCUT2D eigenvalue weighted by Gasteiger charge is 2.05. The lowest BCUT2D eigenvalue weighted by molar-refractivity contribution is -0.909. The number of aryl methyl sites for hydroxylation is 2. The standard InChI is InChI=1S/C8H12NO/c1-3-8-5-4-7(2)6-9(8)10/h4-6,10H,3H2,1-2H3/q+1. The molecule has 1 rings (SSSR count). The third kappa shape index (κ3) is 1.26. The second-order valence-electron chi connectivity index (χ2n) is 2.40. The van der Waals surface area contributed by atoms with Gasteiger partial charge in [-0.25, -0.2) is 0 Å². The van der Waals surface area contributed by atoms with E-state index >= 15 is 0 Å². The molecule has 0 aromatic carbocycles. The van der Waals surface area contributed by atoms with E-state index in [4.69, 9.17) is 0 Å². The molecule has 54 valence electrons. The van der Waals surface area contributed by atoms with Gasteiger partial charge in [-0.3, -0.25) is 5.21 Å². The predicted molar refractivity (Wildman–Crippen MR) is 37.9 cm³/mol. The first-order chi connectivity index (χ1) is 4.74. The van der Waals surface area contributed by atoms with Crippen LogP contribution in [0, 0.1) is 6.92 Å². The Morgan fingerprint density at radius 1 is 1.50 bits per heavy atom. The number of aromatic nitrogens is 1. The fraction of sp³-hybridized carbons (Fsp3) is 0.375. The van der Waals surface area contributed by atoms with E-state index in [1.54, 1.807) is 6.20 Å². The molecule has 0 spiro atoms. The second-order valence-corrected chi connectivity index (χ2v) is 2.40. The lowest BCUT2D eigenvalue weighted by Crippen LogP contribution is -2.34.